The Labute approximate surface area is 213 Å². The highest BCUT2D eigenvalue weighted by molar-refractivity contribution is 7.90. The van der Waals surface area contributed by atoms with Crippen LogP contribution in [0.25, 0.3) is 0 Å². The first kappa shape index (κ1) is 24.7. The van der Waals surface area contributed by atoms with E-state index < -0.39 is 10.0 Å². The SMILES string of the molecule is CN(NC=O)C(=NS(=O)(=O)c1ccc(Cl)cc1)N1CC(c2ccccc2)C(c2ccc(Cl)cc2)=N1. The Morgan fingerprint density at radius 3 is 2.23 bits per heavy atom. The Balaban J connectivity index is 1.80. The Morgan fingerprint density at radius 1 is 1.03 bits per heavy atom. The topological polar surface area (TPSA) is 94.4 Å². The van der Waals surface area contributed by atoms with Gasteiger partial charge in [-0.25, -0.2) is 5.01 Å². The fourth-order valence-electron chi connectivity index (χ4n) is 3.64. The van der Waals surface area contributed by atoms with Crippen molar-refractivity contribution in [2.45, 2.75) is 10.8 Å². The molecule has 4 rings (SSSR count). The number of carbonyl (C=O) groups excluding carboxylic acids is 1. The van der Waals surface area contributed by atoms with Crippen LogP contribution >= 0.6 is 23.2 Å². The van der Waals surface area contributed by atoms with E-state index in [1.54, 1.807) is 12.1 Å². The predicted molar refractivity (Wildman–Crippen MR) is 137 cm³/mol. The van der Waals surface area contributed by atoms with Crippen LogP contribution in [0.3, 0.4) is 0 Å². The van der Waals surface area contributed by atoms with E-state index in [-0.39, 0.29) is 16.8 Å². The van der Waals surface area contributed by atoms with Crippen molar-refractivity contribution < 1.29 is 13.2 Å². The fourth-order valence-corrected chi connectivity index (χ4v) is 4.91. The summed E-state index contributed by atoms with van der Waals surface area (Å²) in [5, 5.41) is 8.39. The van der Waals surface area contributed by atoms with E-state index in [1.165, 1.54) is 41.3 Å². The molecule has 35 heavy (non-hydrogen) atoms. The van der Waals surface area contributed by atoms with Crippen molar-refractivity contribution in [3.8, 4) is 0 Å². The number of sulfonamides is 1. The lowest BCUT2D eigenvalue weighted by Gasteiger charge is -2.25. The monoisotopic (exact) mass is 529 g/mol. The molecule has 0 bridgehead atoms. The summed E-state index contributed by atoms with van der Waals surface area (Å²) in [6.07, 6.45) is 0.430. The van der Waals surface area contributed by atoms with Crippen molar-refractivity contribution in [2.24, 2.45) is 9.50 Å². The number of benzene rings is 3. The van der Waals surface area contributed by atoms with Gasteiger partial charge in [0.05, 0.1) is 17.2 Å². The van der Waals surface area contributed by atoms with E-state index in [9.17, 15) is 13.2 Å². The molecule has 0 saturated heterocycles. The largest absolute Gasteiger partial charge is 0.285 e. The fraction of sp³-hybridized carbons (Fsp3) is 0.125. The van der Waals surface area contributed by atoms with Crippen molar-refractivity contribution in [1.29, 1.82) is 0 Å². The summed E-state index contributed by atoms with van der Waals surface area (Å²) < 4.78 is 30.2. The van der Waals surface area contributed by atoms with E-state index in [2.05, 4.69) is 9.82 Å². The van der Waals surface area contributed by atoms with Gasteiger partial charge in [0.1, 0.15) is 0 Å². The lowest BCUT2D eigenvalue weighted by molar-refractivity contribution is -0.112. The van der Waals surface area contributed by atoms with Crippen molar-refractivity contribution in [2.75, 3.05) is 13.6 Å². The summed E-state index contributed by atoms with van der Waals surface area (Å²) in [5.41, 5.74) is 4.97. The van der Waals surface area contributed by atoms with Crippen LogP contribution < -0.4 is 5.43 Å². The number of rotatable bonds is 6. The number of hydrazine groups is 1. The van der Waals surface area contributed by atoms with E-state index in [0.29, 0.717) is 28.7 Å². The highest BCUT2D eigenvalue weighted by Crippen LogP contribution is 2.30. The van der Waals surface area contributed by atoms with Gasteiger partial charge in [-0.05, 0) is 47.5 Å². The molecule has 0 aromatic heterocycles. The van der Waals surface area contributed by atoms with Gasteiger partial charge in [-0.15, -0.1) is 4.40 Å². The van der Waals surface area contributed by atoms with E-state index in [0.717, 1.165) is 11.1 Å². The standard InChI is InChI=1S/C24H21Cl2N5O3S/c1-30(27-16-32)24(29-35(33,34)21-13-11-20(26)12-14-21)31-15-22(17-5-3-2-4-6-17)23(28-31)18-7-9-19(25)10-8-18/h2-14,16,22H,15H2,1H3,(H,27,32). The molecule has 1 aliphatic heterocycles. The molecule has 3 aromatic rings. The molecule has 1 unspecified atom stereocenters. The van der Waals surface area contributed by atoms with Gasteiger partial charge in [-0.1, -0.05) is 65.7 Å². The third-order valence-electron chi connectivity index (χ3n) is 5.35. The quantitative estimate of drug-likeness (QED) is 0.224. The summed E-state index contributed by atoms with van der Waals surface area (Å²) in [4.78, 5) is 11.1. The highest BCUT2D eigenvalue weighted by atomic mass is 35.5. The molecule has 0 spiro atoms. The second-order valence-electron chi connectivity index (χ2n) is 7.66. The number of amides is 1. The number of hydrogen-bond donors (Lipinski definition) is 1. The van der Waals surface area contributed by atoms with Crippen LogP contribution in [0.15, 0.2) is 93.3 Å². The Hall–Kier alpha value is -3.40. The van der Waals surface area contributed by atoms with Crippen LogP contribution in [-0.2, 0) is 14.8 Å². The van der Waals surface area contributed by atoms with Gasteiger partial charge in [0.25, 0.3) is 16.0 Å². The lowest BCUT2D eigenvalue weighted by atomic mass is 9.91. The molecule has 1 aliphatic rings. The van der Waals surface area contributed by atoms with Crippen LogP contribution in [0.5, 0.6) is 0 Å². The predicted octanol–water partition coefficient (Wildman–Crippen LogP) is 4.13. The maximum atomic E-state index is 13.1. The van der Waals surface area contributed by atoms with Gasteiger partial charge in [-0.2, -0.15) is 13.5 Å². The van der Waals surface area contributed by atoms with E-state index in [1.807, 2.05) is 42.5 Å². The second-order valence-corrected chi connectivity index (χ2v) is 10.1. The molecule has 180 valence electrons. The van der Waals surface area contributed by atoms with Crippen LogP contribution in [0.4, 0.5) is 0 Å². The first-order valence-electron chi connectivity index (χ1n) is 10.5. The van der Waals surface area contributed by atoms with Crippen molar-refractivity contribution in [1.82, 2.24) is 15.4 Å². The second kappa shape index (κ2) is 10.5. The summed E-state index contributed by atoms with van der Waals surface area (Å²) in [6, 6.07) is 22.7. The zero-order chi connectivity index (χ0) is 25.0. The third kappa shape index (κ3) is 5.64. The van der Waals surface area contributed by atoms with E-state index in [4.69, 9.17) is 28.3 Å². The average Bonchev–Trinajstić information content (AvgIpc) is 3.29. The molecular weight excluding hydrogens is 509 g/mol. The third-order valence-corrected chi connectivity index (χ3v) is 7.12. The highest BCUT2D eigenvalue weighted by Gasteiger charge is 2.34. The molecule has 11 heteroatoms. The van der Waals surface area contributed by atoms with Gasteiger partial charge in [0.2, 0.25) is 6.41 Å². The van der Waals surface area contributed by atoms with Gasteiger partial charge in [0.15, 0.2) is 0 Å². The molecule has 1 heterocycles. The molecule has 0 saturated carbocycles. The smallest absolute Gasteiger partial charge is 0.277 e. The number of carbonyl (C=O) groups is 1. The maximum absolute atomic E-state index is 13.1. The zero-order valence-electron chi connectivity index (χ0n) is 18.5. The van der Waals surface area contributed by atoms with Gasteiger partial charge < -0.3 is 0 Å². The van der Waals surface area contributed by atoms with Gasteiger partial charge >= 0.3 is 0 Å². The molecular formula is C24H21Cl2N5O3S. The van der Waals surface area contributed by atoms with Gasteiger partial charge in [0, 0.05) is 23.0 Å². The minimum atomic E-state index is -4.14. The van der Waals surface area contributed by atoms with Crippen LogP contribution in [0.1, 0.15) is 17.0 Å². The number of nitrogens with one attached hydrogen (secondary N) is 1. The number of guanidine groups is 1. The molecule has 3 aromatic carbocycles. The molecule has 0 radical (unpaired) electrons. The number of hydrazone groups is 1. The maximum Gasteiger partial charge on any atom is 0.285 e. The van der Waals surface area contributed by atoms with Crippen molar-refractivity contribution in [3.05, 3.63) is 100 Å². The van der Waals surface area contributed by atoms with Gasteiger partial charge in [-0.3, -0.25) is 15.2 Å². The van der Waals surface area contributed by atoms with Crippen LogP contribution in [0.2, 0.25) is 10.0 Å². The number of halogens is 2. The van der Waals surface area contributed by atoms with E-state index >= 15 is 0 Å². The normalized spacial score (nSPS) is 16.1. The first-order valence-corrected chi connectivity index (χ1v) is 12.7. The molecule has 1 N–H and O–H groups in total. The minimum absolute atomic E-state index is 0.0420. The minimum Gasteiger partial charge on any atom is -0.277 e. The summed E-state index contributed by atoms with van der Waals surface area (Å²) in [7, 11) is -2.66. The Bertz CT molecular complexity index is 1360. The molecule has 8 nitrogen and oxygen atoms in total. The van der Waals surface area contributed by atoms with Crippen molar-refractivity contribution in [3.63, 3.8) is 0 Å². The molecule has 1 atom stereocenters. The summed E-state index contributed by atoms with van der Waals surface area (Å²) in [5.74, 6) is -0.262. The van der Waals surface area contributed by atoms with Crippen LogP contribution in [-0.4, -0.2) is 50.1 Å². The Kier molecular flexibility index (Phi) is 7.39. The zero-order valence-corrected chi connectivity index (χ0v) is 20.9. The molecule has 0 aliphatic carbocycles. The average molecular weight is 530 g/mol. The number of nitrogens with zero attached hydrogens (tertiary/aromatic N) is 4. The first-order chi connectivity index (χ1) is 16.8. The summed E-state index contributed by atoms with van der Waals surface area (Å²) in [6.45, 7) is 0.293. The molecule has 1 amide bonds. The molecule has 0 fully saturated rings. The summed E-state index contributed by atoms with van der Waals surface area (Å²) >= 11 is 12.0. The number of hydrogen-bond acceptors (Lipinski definition) is 4. The Morgan fingerprint density at radius 2 is 1.63 bits per heavy atom. The van der Waals surface area contributed by atoms with Crippen molar-refractivity contribution >= 4 is 51.3 Å². The lowest BCUT2D eigenvalue weighted by Crippen LogP contribution is -2.46. The van der Waals surface area contributed by atoms with Crippen LogP contribution in [0, 0.1) is 0 Å².